The highest BCUT2D eigenvalue weighted by atomic mass is 32.2. The van der Waals surface area contributed by atoms with E-state index in [9.17, 15) is 8.42 Å². The van der Waals surface area contributed by atoms with Gasteiger partial charge >= 0.3 is 0 Å². The molecule has 0 radical (unpaired) electrons. The highest BCUT2D eigenvalue weighted by Crippen LogP contribution is 2.23. The molecule has 1 rings (SSSR count). The zero-order valence-electron chi connectivity index (χ0n) is 10.9. The lowest BCUT2D eigenvalue weighted by molar-refractivity contribution is -0.0249. The third-order valence-corrected chi connectivity index (χ3v) is 3.94. The van der Waals surface area contributed by atoms with Crippen molar-refractivity contribution >= 4 is 10.2 Å². The van der Waals surface area contributed by atoms with Crippen molar-refractivity contribution in [2.24, 2.45) is 5.73 Å². The van der Waals surface area contributed by atoms with E-state index in [0.29, 0.717) is 13.0 Å². The molecule has 0 spiro atoms. The largest absolute Gasteiger partial charge is 0.377 e. The summed E-state index contributed by atoms with van der Waals surface area (Å²) in [6.45, 7) is 7.79. The lowest BCUT2D eigenvalue weighted by atomic mass is 9.84. The van der Waals surface area contributed by atoms with Crippen LogP contribution < -0.4 is 15.2 Å². The van der Waals surface area contributed by atoms with E-state index in [1.165, 1.54) is 0 Å². The van der Waals surface area contributed by atoms with Crippen LogP contribution in [0.5, 0.6) is 0 Å². The fraction of sp³-hybridized carbons (Fsp3) is 1.00. The number of ether oxygens (including phenoxy) is 1. The van der Waals surface area contributed by atoms with Gasteiger partial charge in [0, 0.05) is 18.2 Å². The second-order valence-corrected chi connectivity index (χ2v) is 6.84. The maximum atomic E-state index is 11.8. The third kappa shape index (κ3) is 4.51. The van der Waals surface area contributed by atoms with E-state index < -0.39 is 15.7 Å². The van der Waals surface area contributed by atoms with Gasteiger partial charge < -0.3 is 10.5 Å². The third-order valence-electron chi connectivity index (χ3n) is 2.48. The summed E-state index contributed by atoms with van der Waals surface area (Å²) in [6, 6.07) is -0.516. The molecule has 0 amide bonds. The summed E-state index contributed by atoms with van der Waals surface area (Å²) in [5, 5.41) is 0. The van der Waals surface area contributed by atoms with Crippen molar-refractivity contribution < 1.29 is 13.2 Å². The molecule has 0 aromatic carbocycles. The Morgan fingerprint density at radius 3 is 2.41 bits per heavy atom. The van der Waals surface area contributed by atoms with Gasteiger partial charge in [-0.25, -0.2) is 0 Å². The van der Waals surface area contributed by atoms with Gasteiger partial charge in [0.15, 0.2) is 0 Å². The Kier molecular flexibility index (Phi) is 4.54. The maximum Gasteiger partial charge on any atom is 0.277 e. The standard InChI is InChI=1S/C10H23N3O3S/c1-5-16-8-6-7(11)9(8)12-17(14,15)13-10(2,3)4/h7-9,12-13H,5-6,11H2,1-4H3. The van der Waals surface area contributed by atoms with Gasteiger partial charge in [0.2, 0.25) is 0 Å². The van der Waals surface area contributed by atoms with Gasteiger partial charge in [-0.1, -0.05) is 0 Å². The molecular weight excluding hydrogens is 242 g/mol. The van der Waals surface area contributed by atoms with Crippen LogP contribution in [0, 0.1) is 0 Å². The highest BCUT2D eigenvalue weighted by molar-refractivity contribution is 7.87. The van der Waals surface area contributed by atoms with E-state index in [0.717, 1.165) is 0 Å². The molecule has 4 N–H and O–H groups in total. The highest BCUT2D eigenvalue weighted by Gasteiger charge is 2.42. The first-order chi connectivity index (χ1) is 7.64. The summed E-state index contributed by atoms with van der Waals surface area (Å²) in [5.41, 5.74) is 5.27. The SMILES string of the molecule is CCOC1CC(N)C1NS(=O)(=O)NC(C)(C)C. The number of hydrogen-bond donors (Lipinski definition) is 3. The molecule has 1 saturated carbocycles. The summed E-state index contributed by atoms with van der Waals surface area (Å²) in [7, 11) is -3.54. The average Bonchev–Trinajstić information content (AvgIpc) is 2.11. The van der Waals surface area contributed by atoms with E-state index in [-0.39, 0.29) is 18.2 Å². The molecule has 102 valence electrons. The van der Waals surface area contributed by atoms with Crippen LogP contribution in [0.3, 0.4) is 0 Å². The molecule has 3 unspecified atom stereocenters. The summed E-state index contributed by atoms with van der Waals surface area (Å²) >= 11 is 0. The van der Waals surface area contributed by atoms with E-state index in [4.69, 9.17) is 10.5 Å². The van der Waals surface area contributed by atoms with Crippen LogP contribution in [0.4, 0.5) is 0 Å². The Labute approximate surface area is 103 Å². The topological polar surface area (TPSA) is 93.4 Å². The van der Waals surface area contributed by atoms with E-state index >= 15 is 0 Å². The van der Waals surface area contributed by atoms with Gasteiger partial charge in [0.1, 0.15) is 0 Å². The van der Waals surface area contributed by atoms with Crippen LogP contribution >= 0.6 is 0 Å². The van der Waals surface area contributed by atoms with Crippen molar-refractivity contribution in [3.05, 3.63) is 0 Å². The molecular formula is C10H23N3O3S. The number of rotatable bonds is 5. The predicted molar refractivity (Wildman–Crippen MR) is 66.7 cm³/mol. The molecule has 1 fully saturated rings. The Morgan fingerprint density at radius 1 is 1.41 bits per heavy atom. The minimum atomic E-state index is -3.54. The Bertz CT molecular complexity index is 348. The number of hydrogen-bond acceptors (Lipinski definition) is 4. The van der Waals surface area contributed by atoms with Gasteiger partial charge in [-0.05, 0) is 34.1 Å². The van der Waals surface area contributed by atoms with Crippen LogP contribution in [-0.4, -0.2) is 38.8 Å². The van der Waals surface area contributed by atoms with E-state index in [2.05, 4.69) is 9.44 Å². The van der Waals surface area contributed by atoms with Gasteiger partial charge in [0.05, 0.1) is 12.1 Å². The Hall–Kier alpha value is -0.210. The maximum absolute atomic E-state index is 11.8. The first kappa shape index (κ1) is 14.8. The molecule has 3 atom stereocenters. The first-order valence-electron chi connectivity index (χ1n) is 5.83. The zero-order valence-corrected chi connectivity index (χ0v) is 11.7. The molecule has 0 aliphatic heterocycles. The van der Waals surface area contributed by atoms with E-state index in [1.54, 1.807) is 20.8 Å². The minimum Gasteiger partial charge on any atom is -0.377 e. The van der Waals surface area contributed by atoms with Gasteiger partial charge in [-0.2, -0.15) is 17.9 Å². The number of nitrogens with two attached hydrogens (primary N) is 1. The quantitative estimate of drug-likeness (QED) is 0.637. The molecule has 7 heteroatoms. The summed E-state index contributed by atoms with van der Waals surface area (Å²) in [4.78, 5) is 0. The predicted octanol–water partition coefficient (Wildman–Crippen LogP) is -0.286. The normalized spacial score (nSPS) is 30.1. The van der Waals surface area contributed by atoms with Crippen molar-refractivity contribution in [1.29, 1.82) is 0 Å². The van der Waals surface area contributed by atoms with Crippen LogP contribution in [-0.2, 0) is 14.9 Å². The fourth-order valence-corrected chi connectivity index (χ4v) is 3.35. The monoisotopic (exact) mass is 265 g/mol. The summed E-state index contributed by atoms with van der Waals surface area (Å²) in [6.07, 6.45) is 0.572. The van der Waals surface area contributed by atoms with Crippen LogP contribution in [0.2, 0.25) is 0 Å². The average molecular weight is 265 g/mol. The second-order valence-electron chi connectivity index (χ2n) is 5.39. The lowest BCUT2D eigenvalue weighted by Crippen LogP contribution is -2.66. The smallest absolute Gasteiger partial charge is 0.277 e. The Balaban J connectivity index is 2.58. The Morgan fingerprint density at radius 2 is 2.00 bits per heavy atom. The number of nitrogens with one attached hydrogen (secondary N) is 2. The summed E-state index contributed by atoms with van der Waals surface area (Å²) in [5.74, 6) is 0. The van der Waals surface area contributed by atoms with Crippen molar-refractivity contribution in [2.75, 3.05) is 6.61 Å². The molecule has 17 heavy (non-hydrogen) atoms. The minimum absolute atomic E-state index is 0.119. The molecule has 1 aliphatic rings. The van der Waals surface area contributed by atoms with Gasteiger partial charge in [0.25, 0.3) is 10.2 Å². The molecule has 1 aliphatic carbocycles. The van der Waals surface area contributed by atoms with Crippen molar-refractivity contribution in [2.45, 2.75) is 57.8 Å². The van der Waals surface area contributed by atoms with E-state index in [1.807, 2.05) is 6.92 Å². The van der Waals surface area contributed by atoms with Crippen molar-refractivity contribution in [1.82, 2.24) is 9.44 Å². The molecule has 0 saturated heterocycles. The van der Waals surface area contributed by atoms with Crippen molar-refractivity contribution in [3.8, 4) is 0 Å². The summed E-state index contributed by atoms with van der Waals surface area (Å²) < 4.78 is 34.1. The fourth-order valence-electron chi connectivity index (χ4n) is 1.80. The van der Waals surface area contributed by atoms with Crippen molar-refractivity contribution in [3.63, 3.8) is 0 Å². The van der Waals surface area contributed by atoms with Gasteiger partial charge in [-0.3, -0.25) is 0 Å². The van der Waals surface area contributed by atoms with Crippen LogP contribution in [0.15, 0.2) is 0 Å². The molecule has 0 aromatic rings. The second kappa shape index (κ2) is 5.19. The van der Waals surface area contributed by atoms with Crippen LogP contribution in [0.25, 0.3) is 0 Å². The van der Waals surface area contributed by atoms with Crippen LogP contribution in [0.1, 0.15) is 34.1 Å². The van der Waals surface area contributed by atoms with Gasteiger partial charge in [-0.15, -0.1) is 0 Å². The first-order valence-corrected chi connectivity index (χ1v) is 7.31. The molecule has 0 bridgehead atoms. The lowest BCUT2D eigenvalue weighted by Gasteiger charge is -2.42. The molecule has 0 aromatic heterocycles. The molecule has 0 heterocycles. The molecule has 6 nitrogen and oxygen atoms in total. The zero-order chi connectivity index (χ0) is 13.3.